The molecule has 2 rings (SSSR count). The number of nitrogens with one attached hydrogen (secondary N) is 1. The molecule has 4 nitrogen and oxygen atoms in total. The summed E-state index contributed by atoms with van der Waals surface area (Å²) in [7, 11) is 0. The molecule has 0 aliphatic carbocycles. The molecule has 0 saturated carbocycles. The predicted octanol–water partition coefficient (Wildman–Crippen LogP) is 2.94. The van der Waals surface area contributed by atoms with Crippen LogP contribution in [0.15, 0.2) is 36.5 Å². The Morgan fingerprint density at radius 3 is 3.00 bits per heavy atom. The third kappa shape index (κ3) is 3.34. The summed E-state index contributed by atoms with van der Waals surface area (Å²) in [6.07, 6.45) is 1.63. The Labute approximate surface area is 110 Å². The SMILES string of the molecule is CCOc1ncccc1NCc1cc(F)ccc1O. The molecule has 2 aromatic rings. The van der Waals surface area contributed by atoms with Crippen LogP contribution in [0, 0.1) is 5.82 Å². The molecule has 0 aliphatic heterocycles. The second kappa shape index (κ2) is 6.04. The largest absolute Gasteiger partial charge is 0.508 e. The molecule has 0 unspecified atom stereocenters. The molecule has 1 aromatic carbocycles. The molecule has 1 aromatic heterocycles. The number of hydrogen-bond donors (Lipinski definition) is 2. The minimum absolute atomic E-state index is 0.0516. The van der Waals surface area contributed by atoms with Crippen molar-refractivity contribution < 1.29 is 14.2 Å². The first-order valence-corrected chi connectivity index (χ1v) is 5.99. The van der Waals surface area contributed by atoms with Crippen LogP contribution in [0.25, 0.3) is 0 Å². The van der Waals surface area contributed by atoms with E-state index in [4.69, 9.17) is 4.74 Å². The molecule has 0 amide bonds. The van der Waals surface area contributed by atoms with Crippen molar-refractivity contribution in [1.82, 2.24) is 4.98 Å². The van der Waals surface area contributed by atoms with Gasteiger partial charge in [0.1, 0.15) is 11.6 Å². The van der Waals surface area contributed by atoms with Gasteiger partial charge in [-0.2, -0.15) is 0 Å². The van der Waals surface area contributed by atoms with Gasteiger partial charge in [-0.3, -0.25) is 0 Å². The lowest BCUT2D eigenvalue weighted by molar-refractivity contribution is 0.328. The summed E-state index contributed by atoms with van der Waals surface area (Å²) in [5.74, 6) is 0.155. The van der Waals surface area contributed by atoms with E-state index in [9.17, 15) is 9.50 Å². The first-order chi connectivity index (χ1) is 9.20. The molecule has 1 heterocycles. The third-order valence-electron chi connectivity index (χ3n) is 2.56. The molecule has 0 spiro atoms. The normalized spacial score (nSPS) is 10.2. The van der Waals surface area contributed by atoms with Crippen molar-refractivity contribution >= 4 is 5.69 Å². The van der Waals surface area contributed by atoms with Gasteiger partial charge in [0.15, 0.2) is 0 Å². The van der Waals surface area contributed by atoms with Crippen LogP contribution in [0.5, 0.6) is 11.6 Å². The van der Waals surface area contributed by atoms with Crippen molar-refractivity contribution in [2.45, 2.75) is 13.5 Å². The Balaban J connectivity index is 2.12. The molecule has 0 saturated heterocycles. The number of phenols is 1. The molecule has 19 heavy (non-hydrogen) atoms. The molecule has 0 fully saturated rings. The highest BCUT2D eigenvalue weighted by molar-refractivity contribution is 5.52. The molecule has 5 heteroatoms. The van der Waals surface area contributed by atoms with Gasteiger partial charge in [-0.1, -0.05) is 0 Å². The number of hydrogen-bond acceptors (Lipinski definition) is 4. The average molecular weight is 262 g/mol. The van der Waals surface area contributed by atoms with Gasteiger partial charge < -0.3 is 15.2 Å². The van der Waals surface area contributed by atoms with E-state index in [0.717, 1.165) is 0 Å². The fraction of sp³-hybridized carbons (Fsp3) is 0.214. The van der Waals surface area contributed by atoms with Crippen LogP contribution < -0.4 is 10.1 Å². The Morgan fingerprint density at radius 1 is 1.37 bits per heavy atom. The summed E-state index contributed by atoms with van der Waals surface area (Å²) < 4.78 is 18.5. The Hall–Kier alpha value is -2.30. The minimum Gasteiger partial charge on any atom is -0.508 e. The van der Waals surface area contributed by atoms with Crippen LogP contribution in [-0.4, -0.2) is 16.7 Å². The number of anilines is 1. The van der Waals surface area contributed by atoms with E-state index in [2.05, 4.69) is 10.3 Å². The van der Waals surface area contributed by atoms with Gasteiger partial charge in [-0.25, -0.2) is 9.37 Å². The van der Waals surface area contributed by atoms with E-state index in [1.165, 1.54) is 18.2 Å². The summed E-state index contributed by atoms with van der Waals surface area (Å²) in [5.41, 5.74) is 1.18. The summed E-state index contributed by atoms with van der Waals surface area (Å²) in [6.45, 7) is 2.67. The average Bonchev–Trinajstić information content (AvgIpc) is 2.42. The summed E-state index contributed by atoms with van der Waals surface area (Å²) >= 11 is 0. The number of benzene rings is 1. The van der Waals surface area contributed by atoms with E-state index in [1.807, 2.05) is 13.0 Å². The van der Waals surface area contributed by atoms with Crippen LogP contribution >= 0.6 is 0 Å². The maximum atomic E-state index is 13.1. The topological polar surface area (TPSA) is 54.4 Å². The van der Waals surface area contributed by atoms with Gasteiger partial charge in [0, 0.05) is 18.3 Å². The van der Waals surface area contributed by atoms with Gasteiger partial charge in [0.05, 0.1) is 12.3 Å². The Kier molecular flexibility index (Phi) is 4.18. The number of nitrogens with zero attached hydrogens (tertiary/aromatic N) is 1. The monoisotopic (exact) mass is 262 g/mol. The molecule has 100 valence electrons. The van der Waals surface area contributed by atoms with Gasteiger partial charge in [0.2, 0.25) is 5.88 Å². The van der Waals surface area contributed by atoms with Crippen molar-refractivity contribution in [1.29, 1.82) is 0 Å². The maximum absolute atomic E-state index is 13.1. The highest BCUT2D eigenvalue weighted by Gasteiger charge is 2.06. The van der Waals surface area contributed by atoms with Crippen molar-refractivity contribution in [2.24, 2.45) is 0 Å². The Morgan fingerprint density at radius 2 is 2.21 bits per heavy atom. The highest BCUT2D eigenvalue weighted by atomic mass is 19.1. The predicted molar refractivity (Wildman–Crippen MR) is 70.8 cm³/mol. The lowest BCUT2D eigenvalue weighted by Crippen LogP contribution is -2.04. The first-order valence-electron chi connectivity index (χ1n) is 5.99. The van der Waals surface area contributed by atoms with Crippen molar-refractivity contribution in [2.75, 3.05) is 11.9 Å². The molecule has 0 radical (unpaired) electrons. The van der Waals surface area contributed by atoms with Crippen LogP contribution in [0.4, 0.5) is 10.1 Å². The summed E-state index contributed by atoms with van der Waals surface area (Å²) in [5, 5.41) is 12.7. The first kappa shape index (κ1) is 13.1. The summed E-state index contributed by atoms with van der Waals surface area (Å²) in [4.78, 5) is 4.10. The standard InChI is InChI=1S/C14H15FN2O2/c1-2-19-14-12(4-3-7-16-14)17-9-10-8-11(15)5-6-13(10)18/h3-8,17-18H,2,9H2,1H3. The lowest BCUT2D eigenvalue weighted by Gasteiger charge is -2.11. The highest BCUT2D eigenvalue weighted by Crippen LogP contribution is 2.23. The fourth-order valence-electron chi connectivity index (χ4n) is 1.66. The number of rotatable bonds is 5. The van der Waals surface area contributed by atoms with Crippen LogP contribution in [0.3, 0.4) is 0 Å². The lowest BCUT2D eigenvalue weighted by atomic mass is 10.2. The van der Waals surface area contributed by atoms with Crippen LogP contribution in [0.2, 0.25) is 0 Å². The molecular formula is C14H15FN2O2. The number of aromatic hydroxyl groups is 1. The van der Waals surface area contributed by atoms with E-state index >= 15 is 0 Å². The zero-order chi connectivity index (χ0) is 13.7. The zero-order valence-corrected chi connectivity index (χ0v) is 10.6. The molecule has 2 N–H and O–H groups in total. The number of halogens is 1. The molecule has 0 atom stereocenters. The summed E-state index contributed by atoms with van der Waals surface area (Å²) in [6, 6.07) is 7.43. The number of aromatic nitrogens is 1. The van der Waals surface area contributed by atoms with E-state index < -0.39 is 0 Å². The number of ether oxygens (including phenoxy) is 1. The third-order valence-corrected chi connectivity index (χ3v) is 2.56. The van der Waals surface area contributed by atoms with E-state index in [0.29, 0.717) is 23.7 Å². The molecule has 0 bridgehead atoms. The van der Waals surface area contributed by atoms with Gasteiger partial charge in [-0.15, -0.1) is 0 Å². The maximum Gasteiger partial charge on any atom is 0.237 e. The van der Waals surface area contributed by atoms with Crippen molar-refractivity contribution in [3.05, 3.63) is 47.9 Å². The smallest absolute Gasteiger partial charge is 0.237 e. The zero-order valence-electron chi connectivity index (χ0n) is 10.6. The fourth-order valence-corrected chi connectivity index (χ4v) is 1.66. The molecular weight excluding hydrogens is 247 g/mol. The van der Waals surface area contributed by atoms with Crippen LogP contribution in [-0.2, 0) is 6.54 Å². The van der Waals surface area contributed by atoms with Crippen LogP contribution in [0.1, 0.15) is 12.5 Å². The Bertz CT molecular complexity index is 561. The van der Waals surface area contributed by atoms with E-state index in [1.54, 1.807) is 12.3 Å². The second-order valence-electron chi connectivity index (χ2n) is 3.92. The van der Waals surface area contributed by atoms with Gasteiger partial charge in [-0.05, 0) is 37.3 Å². The second-order valence-corrected chi connectivity index (χ2v) is 3.92. The quantitative estimate of drug-likeness (QED) is 0.870. The van der Waals surface area contributed by atoms with Crippen molar-refractivity contribution in [3.8, 4) is 11.6 Å². The molecule has 0 aliphatic rings. The van der Waals surface area contributed by atoms with Gasteiger partial charge in [0.25, 0.3) is 0 Å². The minimum atomic E-state index is -0.384. The number of pyridine rings is 1. The van der Waals surface area contributed by atoms with Crippen molar-refractivity contribution in [3.63, 3.8) is 0 Å². The number of phenolic OH excluding ortho intramolecular Hbond substituents is 1. The van der Waals surface area contributed by atoms with Gasteiger partial charge >= 0.3 is 0 Å². The van der Waals surface area contributed by atoms with E-state index in [-0.39, 0.29) is 18.1 Å².